The van der Waals surface area contributed by atoms with Gasteiger partial charge in [-0.3, -0.25) is 0 Å². The molecule has 1 N–H and O–H groups in total. The van der Waals surface area contributed by atoms with E-state index in [2.05, 4.69) is 15.5 Å². The van der Waals surface area contributed by atoms with Crippen LogP contribution in [0.2, 0.25) is 0 Å². The molecule has 0 saturated carbocycles. The van der Waals surface area contributed by atoms with E-state index in [1.54, 1.807) is 6.20 Å². The van der Waals surface area contributed by atoms with Gasteiger partial charge in [0.1, 0.15) is 5.69 Å². The molecule has 0 fully saturated rings. The molecule has 0 aromatic carbocycles. The normalized spacial score (nSPS) is 15.4. The van der Waals surface area contributed by atoms with E-state index in [0.29, 0.717) is 5.76 Å². The number of nitrogens with one attached hydrogen (secondary N) is 1. The van der Waals surface area contributed by atoms with Crippen LogP contribution in [-0.4, -0.2) is 16.7 Å². The molecular weight excluding hydrogens is 182 g/mol. The zero-order chi connectivity index (χ0) is 9.38. The summed E-state index contributed by atoms with van der Waals surface area (Å²) in [5.74, 6) is 1.37. The first-order chi connectivity index (χ1) is 6.95. The lowest BCUT2D eigenvalue weighted by molar-refractivity contribution is 0.409. The highest BCUT2D eigenvalue weighted by atomic mass is 16.5. The van der Waals surface area contributed by atoms with Crippen LogP contribution in [0.5, 0.6) is 0 Å². The number of nitrogens with zero attached hydrogens (tertiary/aromatic N) is 2. The molecule has 0 aliphatic carbocycles. The van der Waals surface area contributed by atoms with Crippen molar-refractivity contribution in [2.24, 2.45) is 0 Å². The summed E-state index contributed by atoms with van der Waals surface area (Å²) >= 11 is 0. The zero-order valence-electron chi connectivity index (χ0n) is 7.49. The fourth-order valence-electron chi connectivity index (χ4n) is 1.68. The monoisotopic (exact) mass is 191 g/mol. The zero-order valence-corrected chi connectivity index (χ0v) is 7.49. The molecule has 14 heavy (non-hydrogen) atoms. The first-order valence-electron chi connectivity index (χ1n) is 4.52. The maximum absolute atomic E-state index is 5.24. The van der Waals surface area contributed by atoms with E-state index in [4.69, 9.17) is 8.94 Å². The van der Waals surface area contributed by atoms with Gasteiger partial charge in [0.15, 0.2) is 12.2 Å². The van der Waals surface area contributed by atoms with E-state index in [1.807, 2.05) is 0 Å². The molecule has 1 aliphatic rings. The molecule has 0 bridgehead atoms. The summed E-state index contributed by atoms with van der Waals surface area (Å²) in [5.41, 5.74) is 2.11. The second kappa shape index (κ2) is 2.95. The van der Waals surface area contributed by atoms with Gasteiger partial charge in [0.25, 0.3) is 0 Å². The average molecular weight is 191 g/mol. The highest BCUT2D eigenvalue weighted by Crippen LogP contribution is 2.27. The Bertz CT molecular complexity index is 433. The first-order valence-corrected chi connectivity index (χ1v) is 4.52. The summed E-state index contributed by atoms with van der Waals surface area (Å²) in [6, 6.07) is 0. The third-order valence-corrected chi connectivity index (χ3v) is 2.37. The number of fused-ring (bicyclic) bond motifs is 1. The summed E-state index contributed by atoms with van der Waals surface area (Å²) in [6.07, 6.45) is 3.96. The Kier molecular flexibility index (Phi) is 1.63. The molecule has 2 aromatic rings. The second-order valence-electron chi connectivity index (χ2n) is 3.23. The van der Waals surface area contributed by atoms with Crippen LogP contribution >= 0.6 is 0 Å². The van der Waals surface area contributed by atoms with Crippen LogP contribution in [0.3, 0.4) is 0 Å². The van der Waals surface area contributed by atoms with Gasteiger partial charge in [0.05, 0.1) is 6.20 Å². The molecule has 0 atom stereocenters. The predicted molar refractivity (Wildman–Crippen MR) is 47.4 cm³/mol. The molecule has 0 radical (unpaired) electrons. The average Bonchev–Trinajstić information content (AvgIpc) is 2.85. The number of hydrogen-bond donors (Lipinski definition) is 1. The molecule has 0 unspecified atom stereocenters. The fraction of sp³-hybridized carbons (Fsp3) is 0.333. The van der Waals surface area contributed by atoms with Gasteiger partial charge in [-0.15, -0.1) is 0 Å². The molecule has 0 amide bonds. The van der Waals surface area contributed by atoms with E-state index in [1.165, 1.54) is 6.39 Å². The SMILES string of the molecule is c1ncc(-c2onc3c2CCNC3)o1. The second-order valence-corrected chi connectivity index (χ2v) is 3.23. The van der Waals surface area contributed by atoms with Crippen molar-refractivity contribution in [2.45, 2.75) is 13.0 Å². The van der Waals surface area contributed by atoms with Crippen LogP contribution in [0, 0.1) is 0 Å². The van der Waals surface area contributed by atoms with Crippen LogP contribution in [0.1, 0.15) is 11.3 Å². The van der Waals surface area contributed by atoms with Gasteiger partial charge in [-0.05, 0) is 13.0 Å². The molecule has 72 valence electrons. The van der Waals surface area contributed by atoms with E-state index < -0.39 is 0 Å². The van der Waals surface area contributed by atoms with Crippen LogP contribution in [0.15, 0.2) is 21.5 Å². The van der Waals surface area contributed by atoms with Gasteiger partial charge < -0.3 is 14.3 Å². The van der Waals surface area contributed by atoms with Crippen molar-refractivity contribution in [3.8, 4) is 11.5 Å². The fourth-order valence-corrected chi connectivity index (χ4v) is 1.68. The number of rotatable bonds is 1. The standard InChI is InChI=1S/C9H9N3O2/c1-2-10-3-7-6(1)9(14-12-7)8-4-11-5-13-8/h4-5,10H,1-3H2. The first kappa shape index (κ1) is 7.75. The van der Waals surface area contributed by atoms with E-state index >= 15 is 0 Å². The van der Waals surface area contributed by atoms with Crippen molar-refractivity contribution < 1.29 is 8.94 Å². The van der Waals surface area contributed by atoms with Crippen molar-refractivity contribution in [3.05, 3.63) is 23.8 Å². The van der Waals surface area contributed by atoms with E-state index in [9.17, 15) is 0 Å². The molecule has 3 heterocycles. The van der Waals surface area contributed by atoms with Gasteiger partial charge >= 0.3 is 0 Å². The van der Waals surface area contributed by atoms with Gasteiger partial charge in [-0.1, -0.05) is 5.16 Å². The van der Waals surface area contributed by atoms with E-state index in [0.717, 1.165) is 36.5 Å². The minimum Gasteiger partial charge on any atom is -0.440 e. The molecule has 0 saturated heterocycles. The Hall–Kier alpha value is -1.62. The lowest BCUT2D eigenvalue weighted by Crippen LogP contribution is -2.23. The highest BCUT2D eigenvalue weighted by molar-refractivity contribution is 5.55. The molecular formula is C9H9N3O2. The molecule has 3 rings (SSSR count). The third kappa shape index (κ3) is 1.06. The maximum Gasteiger partial charge on any atom is 0.207 e. The molecule has 5 nitrogen and oxygen atoms in total. The van der Waals surface area contributed by atoms with Crippen LogP contribution < -0.4 is 5.32 Å². The van der Waals surface area contributed by atoms with Crippen molar-refractivity contribution >= 4 is 0 Å². The minimum absolute atomic E-state index is 0.653. The Morgan fingerprint density at radius 2 is 2.43 bits per heavy atom. The smallest absolute Gasteiger partial charge is 0.207 e. The molecule has 0 spiro atoms. The van der Waals surface area contributed by atoms with E-state index in [-0.39, 0.29) is 0 Å². The molecule has 5 heteroatoms. The topological polar surface area (TPSA) is 64.1 Å². The van der Waals surface area contributed by atoms with Crippen LogP contribution in [0.25, 0.3) is 11.5 Å². The summed E-state index contributed by atoms with van der Waals surface area (Å²) < 4.78 is 10.4. The number of hydrogen-bond acceptors (Lipinski definition) is 5. The molecule has 1 aliphatic heterocycles. The lowest BCUT2D eigenvalue weighted by Gasteiger charge is -2.09. The van der Waals surface area contributed by atoms with Gasteiger partial charge in [-0.2, -0.15) is 0 Å². The molecule has 2 aromatic heterocycles. The van der Waals surface area contributed by atoms with Crippen LogP contribution in [0.4, 0.5) is 0 Å². The van der Waals surface area contributed by atoms with Crippen molar-refractivity contribution in [1.82, 2.24) is 15.5 Å². The summed E-state index contributed by atoms with van der Waals surface area (Å²) in [6.45, 7) is 1.72. The quantitative estimate of drug-likeness (QED) is 0.727. The summed E-state index contributed by atoms with van der Waals surface area (Å²) in [7, 11) is 0. The van der Waals surface area contributed by atoms with Crippen molar-refractivity contribution in [2.75, 3.05) is 6.54 Å². The third-order valence-electron chi connectivity index (χ3n) is 2.37. The Labute approximate surface area is 80.1 Å². The summed E-state index contributed by atoms with van der Waals surface area (Å²) in [4.78, 5) is 3.86. The number of aromatic nitrogens is 2. The Morgan fingerprint density at radius 1 is 1.43 bits per heavy atom. The van der Waals surface area contributed by atoms with Crippen LogP contribution in [-0.2, 0) is 13.0 Å². The van der Waals surface area contributed by atoms with Crippen molar-refractivity contribution in [3.63, 3.8) is 0 Å². The summed E-state index contributed by atoms with van der Waals surface area (Å²) in [5, 5.41) is 7.22. The predicted octanol–water partition coefficient (Wildman–Crippen LogP) is 0.975. The Morgan fingerprint density at radius 3 is 3.29 bits per heavy atom. The maximum atomic E-state index is 5.24. The Balaban J connectivity index is 2.11. The van der Waals surface area contributed by atoms with Gasteiger partial charge in [-0.25, -0.2) is 4.98 Å². The minimum atomic E-state index is 0.653. The van der Waals surface area contributed by atoms with Crippen molar-refractivity contribution in [1.29, 1.82) is 0 Å². The largest absolute Gasteiger partial charge is 0.440 e. The van der Waals surface area contributed by atoms with Gasteiger partial charge in [0.2, 0.25) is 5.76 Å². The lowest BCUT2D eigenvalue weighted by atomic mass is 10.1. The number of oxazole rings is 1. The van der Waals surface area contributed by atoms with Gasteiger partial charge in [0, 0.05) is 12.1 Å². The highest BCUT2D eigenvalue weighted by Gasteiger charge is 2.21.